The minimum absolute atomic E-state index is 0.0220. The van der Waals surface area contributed by atoms with Crippen molar-refractivity contribution in [2.75, 3.05) is 46.5 Å². The molecule has 0 saturated carbocycles. The summed E-state index contributed by atoms with van der Waals surface area (Å²) in [5, 5.41) is 13.9. The smallest absolute Gasteiger partial charge is 0.295 e. The fourth-order valence-corrected chi connectivity index (χ4v) is 4.53. The molecule has 0 radical (unpaired) electrons. The van der Waals surface area contributed by atoms with E-state index < -0.39 is 23.5 Å². The Kier molecular flexibility index (Phi) is 7.33. The summed E-state index contributed by atoms with van der Waals surface area (Å²) in [5.41, 5.74) is 1.01. The average molecular weight is 471 g/mol. The van der Waals surface area contributed by atoms with E-state index in [4.69, 9.17) is 21.1 Å². The van der Waals surface area contributed by atoms with Crippen molar-refractivity contribution in [2.45, 2.75) is 12.5 Å². The van der Waals surface area contributed by atoms with Crippen LogP contribution in [0.5, 0.6) is 5.75 Å². The summed E-state index contributed by atoms with van der Waals surface area (Å²) in [5.74, 6) is -1.17. The van der Waals surface area contributed by atoms with E-state index in [-0.39, 0.29) is 5.57 Å². The molecule has 1 N–H and O–H groups in total. The zero-order chi connectivity index (χ0) is 23.4. The molecule has 2 aromatic carbocycles. The first-order chi connectivity index (χ1) is 16.0. The van der Waals surface area contributed by atoms with Crippen LogP contribution in [-0.4, -0.2) is 63.1 Å². The molecule has 33 heavy (non-hydrogen) atoms. The van der Waals surface area contributed by atoms with Gasteiger partial charge in [-0.15, -0.1) is 0 Å². The van der Waals surface area contributed by atoms with E-state index >= 15 is 0 Å². The Morgan fingerprint density at radius 3 is 2.42 bits per heavy atom. The highest BCUT2D eigenvalue weighted by Crippen LogP contribution is 2.39. The third kappa shape index (κ3) is 5.05. The van der Waals surface area contributed by atoms with Crippen LogP contribution in [0.3, 0.4) is 0 Å². The monoisotopic (exact) mass is 470 g/mol. The summed E-state index contributed by atoms with van der Waals surface area (Å²) in [6, 6.07) is 12.7. The summed E-state index contributed by atoms with van der Waals surface area (Å²) in [7, 11) is 1.57. The van der Waals surface area contributed by atoms with Crippen molar-refractivity contribution >= 4 is 29.1 Å². The van der Waals surface area contributed by atoms with Gasteiger partial charge in [0.2, 0.25) is 5.78 Å². The summed E-state index contributed by atoms with van der Waals surface area (Å²) in [6.45, 7) is 4.60. The molecular weight excluding hydrogens is 444 g/mol. The molecule has 2 fully saturated rings. The van der Waals surface area contributed by atoms with E-state index in [2.05, 4.69) is 0 Å². The number of ether oxygens (including phenoxy) is 2. The van der Waals surface area contributed by atoms with Gasteiger partial charge in [-0.2, -0.15) is 0 Å². The number of amides is 1. The van der Waals surface area contributed by atoms with Crippen LogP contribution in [0.25, 0.3) is 5.76 Å². The molecule has 4 rings (SSSR count). The number of hydrogen-bond acceptors (Lipinski definition) is 5. The largest absolute Gasteiger partial charge is 0.872 e. The minimum Gasteiger partial charge on any atom is -0.872 e. The number of benzene rings is 2. The number of halogens is 1. The molecule has 2 aliphatic heterocycles. The highest BCUT2D eigenvalue weighted by atomic mass is 35.5. The predicted octanol–water partition coefficient (Wildman–Crippen LogP) is 0.878. The lowest BCUT2D eigenvalue weighted by molar-refractivity contribution is -0.908. The number of likely N-dealkylation sites (tertiary alicyclic amines) is 1. The van der Waals surface area contributed by atoms with Gasteiger partial charge in [-0.05, 0) is 35.4 Å². The lowest BCUT2D eigenvalue weighted by Gasteiger charge is -2.29. The Balaban J connectivity index is 1.66. The van der Waals surface area contributed by atoms with Gasteiger partial charge in [-0.1, -0.05) is 41.6 Å². The molecule has 1 atom stereocenters. The van der Waals surface area contributed by atoms with Gasteiger partial charge in [0.25, 0.3) is 5.91 Å². The SMILES string of the molecule is COc1ccc(C2C(=C([O-])c3ccc(Cl)cc3)C(=O)C(=O)N2CCC[NH+]2CCOCC2)cc1. The highest BCUT2D eigenvalue weighted by Gasteiger charge is 2.44. The zero-order valence-electron chi connectivity index (χ0n) is 18.5. The van der Waals surface area contributed by atoms with Crippen LogP contribution in [-0.2, 0) is 14.3 Å². The number of methoxy groups -OCH3 is 1. The number of morpholine rings is 1. The topological polar surface area (TPSA) is 83.3 Å². The van der Waals surface area contributed by atoms with Crippen LogP contribution in [0.15, 0.2) is 54.1 Å². The van der Waals surface area contributed by atoms with Crippen LogP contribution in [0.4, 0.5) is 0 Å². The predicted molar refractivity (Wildman–Crippen MR) is 122 cm³/mol. The van der Waals surface area contributed by atoms with Gasteiger partial charge >= 0.3 is 0 Å². The van der Waals surface area contributed by atoms with E-state index in [0.29, 0.717) is 28.4 Å². The molecule has 2 aromatic rings. The summed E-state index contributed by atoms with van der Waals surface area (Å²) >= 11 is 5.96. The number of quaternary nitrogens is 1. The van der Waals surface area contributed by atoms with Crippen LogP contribution < -0.4 is 14.7 Å². The summed E-state index contributed by atoms with van der Waals surface area (Å²) < 4.78 is 10.6. The van der Waals surface area contributed by atoms with Crippen molar-refractivity contribution < 1.29 is 29.1 Å². The molecule has 2 aliphatic rings. The number of carbonyl (C=O) groups is 2. The fraction of sp³-hybridized carbons (Fsp3) is 0.360. The van der Waals surface area contributed by atoms with Gasteiger partial charge < -0.3 is 24.4 Å². The second kappa shape index (κ2) is 10.4. The van der Waals surface area contributed by atoms with Crippen molar-refractivity contribution in [2.24, 2.45) is 0 Å². The maximum atomic E-state index is 13.4. The van der Waals surface area contributed by atoms with Crippen LogP contribution in [0, 0.1) is 0 Å². The molecule has 1 unspecified atom stereocenters. The number of nitrogens with zero attached hydrogens (tertiary/aromatic N) is 1. The van der Waals surface area contributed by atoms with Crippen molar-refractivity contribution in [3.63, 3.8) is 0 Å². The first kappa shape index (κ1) is 23.3. The van der Waals surface area contributed by atoms with Crippen LogP contribution >= 0.6 is 11.6 Å². The molecule has 0 aliphatic carbocycles. The van der Waals surface area contributed by atoms with E-state index in [1.54, 1.807) is 55.6 Å². The number of carbonyl (C=O) groups excluding carboxylic acids is 2. The number of Topliss-reactive ketones (excluding diaryl/α,β-unsaturated/α-hetero) is 1. The molecule has 174 valence electrons. The molecule has 0 bridgehead atoms. The molecular formula is C25H27ClN2O5. The molecule has 1 amide bonds. The fourth-order valence-electron chi connectivity index (χ4n) is 4.40. The Hall–Kier alpha value is -2.87. The van der Waals surface area contributed by atoms with Crippen molar-refractivity contribution in [1.82, 2.24) is 4.90 Å². The van der Waals surface area contributed by atoms with Gasteiger partial charge in [-0.3, -0.25) is 9.59 Å². The summed E-state index contributed by atoms with van der Waals surface area (Å²) in [4.78, 5) is 29.0. The second-order valence-electron chi connectivity index (χ2n) is 8.22. The first-order valence-corrected chi connectivity index (χ1v) is 11.4. The molecule has 0 aromatic heterocycles. The summed E-state index contributed by atoms with van der Waals surface area (Å²) in [6.07, 6.45) is 0.726. The van der Waals surface area contributed by atoms with Crippen molar-refractivity contribution in [3.05, 3.63) is 70.3 Å². The Morgan fingerprint density at radius 2 is 1.79 bits per heavy atom. The van der Waals surface area contributed by atoms with Crippen molar-refractivity contribution in [1.29, 1.82) is 0 Å². The number of nitrogens with one attached hydrogen (secondary N) is 1. The van der Waals surface area contributed by atoms with Gasteiger partial charge in [-0.25, -0.2) is 0 Å². The molecule has 0 spiro atoms. The Bertz CT molecular complexity index is 1030. The lowest BCUT2D eigenvalue weighted by Crippen LogP contribution is -3.14. The van der Waals surface area contributed by atoms with Gasteiger partial charge in [0.05, 0.1) is 32.9 Å². The normalized spacial score (nSPS) is 20.9. The third-order valence-electron chi connectivity index (χ3n) is 6.20. The number of rotatable bonds is 7. The highest BCUT2D eigenvalue weighted by molar-refractivity contribution is 6.46. The molecule has 8 heteroatoms. The molecule has 2 saturated heterocycles. The van der Waals surface area contributed by atoms with Crippen LogP contribution in [0.1, 0.15) is 23.6 Å². The standard InChI is InChI=1S/C25H27ClN2O5/c1-32-20-9-5-17(6-10-20)22-21(23(29)18-3-7-19(26)8-4-18)24(30)25(31)28(22)12-2-11-27-13-15-33-16-14-27/h3-10,22,29H,2,11-16H2,1H3. The number of hydrogen-bond donors (Lipinski definition) is 1. The number of ketones is 1. The molecule has 2 heterocycles. The van der Waals surface area contributed by atoms with Crippen LogP contribution in [0.2, 0.25) is 5.02 Å². The third-order valence-corrected chi connectivity index (χ3v) is 6.45. The van der Waals surface area contributed by atoms with Crippen molar-refractivity contribution in [3.8, 4) is 5.75 Å². The second-order valence-corrected chi connectivity index (χ2v) is 8.66. The maximum absolute atomic E-state index is 13.4. The zero-order valence-corrected chi connectivity index (χ0v) is 19.3. The Morgan fingerprint density at radius 1 is 1.12 bits per heavy atom. The lowest BCUT2D eigenvalue weighted by atomic mass is 9.95. The minimum atomic E-state index is -0.741. The molecule has 7 nitrogen and oxygen atoms in total. The Labute approximate surface area is 198 Å². The van der Waals surface area contributed by atoms with E-state index in [9.17, 15) is 14.7 Å². The van der Waals surface area contributed by atoms with E-state index in [1.165, 1.54) is 9.80 Å². The maximum Gasteiger partial charge on any atom is 0.295 e. The quantitative estimate of drug-likeness (QED) is 0.369. The average Bonchev–Trinajstić information content (AvgIpc) is 3.10. The van der Waals surface area contributed by atoms with E-state index in [0.717, 1.165) is 39.3 Å². The van der Waals surface area contributed by atoms with Gasteiger partial charge in [0.1, 0.15) is 18.8 Å². The van der Waals surface area contributed by atoms with E-state index in [1.807, 2.05) is 0 Å². The first-order valence-electron chi connectivity index (χ1n) is 11.1. The van der Waals surface area contributed by atoms with Gasteiger partial charge in [0.15, 0.2) is 0 Å². The van der Waals surface area contributed by atoms with Gasteiger partial charge in [0, 0.05) is 23.6 Å².